The highest BCUT2D eigenvalue weighted by Crippen LogP contribution is 2.19. The van der Waals surface area contributed by atoms with Crippen LogP contribution >= 0.6 is 11.3 Å². The largest absolute Gasteiger partial charge is 0.360 e. The maximum absolute atomic E-state index is 8.75. The second kappa shape index (κ2) is 5.48. The van der Waals surface area contributed by atoms with Crippen molar-refractivity contribution in [2.24, 2.45) is 0 Å². The number of para-hydroxylation sites is 1. The molecule has 0 spiro atoms. The molecule has 0 unspecified atom stereocenters. The summed E-state index contributed by atoms with van der Waals surface area (Å²) in [5.41, 5.74) is 5.90. The summed E-state index contributed by atoms with van der Waals surface area (Å²) in [7, 11) is 0. The van der Waals surface area contributed by atoms with E-state index in [1.165, 1.54) is 5.56 Å². The molecule has 0 saturated heterocycles. The number of thiazole rings is 1. The van der Waals surface area contributed by atoms with Gasteiger partial charge in [0.1, 0.15) is 6.07 Å². The zero-order valence-electron chi connectivity index (χ0n) is 10.3. The van der Waals surface area contributed by atoms with Gasteiger partial charge in [-0.25, -0.2) is 0 Å². The molecule has 3 nitrogen and oxygen atoms in total. The van der Waals surface area contributed by atoms with Crippen molar-refractivity contribution >= 4 is 22.2 Å². The molecule has 0 amide bonds. The molecule has 0 saturated carbocycles. The Labute approximate surface area is 110 Å². The van der Waals surface area contributed by atoms with Crippen LogP contribution in [0, 0.1) is 25.2 Å². The van der Waals surface area contributed by atoms with Crippen molar-refractivity contribution in [3.8, 4) is 6.07 Å². The summed E-state index contributed by atoms with van der Waals surface area (Å²) in [5, 5.41) is 11.8. The predicted molar refractivity (Wildman–Crippen MR) is 74.6 cm³/mol. The molecule has 3 rings (SSSR count). The van der Waals surface area contributed by atoms with Crippen molar-refractivity contribution in [3.05, 3.63) is 52.1 Å². The van der Waals surface area contributed by atoms with Crippen molar-refractivity contribution in [2.75, 3.05) is 0 Å². The van der Waals surface area contributed by atoms with Crippen LogP contribution in [-0.4, -0.2) is 9.97 Å². The number of nitrogens with one attached hydrogen (secondary N) is 1. The van der Waals surface area contributed by atoms with Crippen molar-refractivity contribution < 1.29 is 0 Å². The Morgan fingerprint density at radius 1 is 1.33 bits per heavy atom. The van der Waals surface area contributed by atoms with Gasteiger partial charge in [-0.15, -0.1) is 11.3 Å². The number of nitriles is 1. The summed E-state index contributed by atoms with van der Waals surface area (Å²) >= 11 is 1.63. The number of aryl methyl sites for hydroxylation is 2. The summed E-state index contributed by atoms with van der Waals surface area (Å²) in [6.45, 7) is 4.01. The Balaban J connectivity index is 0.000000169. The first kappa shape index (κ1) is 12.3. The lowest BCUT2D eigenvalue weighted by atomic mass is 10.1. The van der Waals surface area contributed by atoms with Gasteiger partial charge in [-0.1, -0.05) is 18.2 Å². The number of hydrogen-bond donors (Lipinski definition) is 1. The van der Waals surface area contributed by atoms with Gasteiger partial charge in [-0.2, -0.15) is 5.26 Å². The van der Waals surface area contributed by atoms with E-state index < -0.39 is 0 Å². The maximum atomic E-state index is 8.75. The van der Waals surface area contributed by atoms with E-state index >= 15 is 0 Å². The van der Waals surface area contributed by atoms with Gasteiger partial charge in [0.2, 0.25) is 0 Å². The summed E-state index contributed by atoms with van der Waals surface area (Å²) in [4.78, 5) is 7.02. The summed E-state index contributed by atoms with van der Waals surface area (Å²) in [6.07, 6.45) is 1.75. The molecular weight excluding hydrogens is 242 g/mol. The van der Waals surface area contributed by atoms with Crippen LogP contribution in [0.4, 0.5) is 0 Å². The van der Waals surface area contributed by atoms with Crippen LogP contribution < -0.4 is 0 Å². The second-order valence-corrected chi connectivity index (χ2v) is 4.66. The summed E-state index contributed by atoms with van der Waals surface area (Å²) in [5.74, 6) is 0. The monoisotopic (exact) mass is 255 g/mol. The van der Waals surface area contributed by atoms with Crippen LogP contribution in [0.2, 0.25) is 0 Å². The Bertz CT molecular complexity index is 675. The van der Waals surface area contributed by atoms with Gasteiger partial charge < -0.3 is 4.98 Å². The zero-order chi connectivity index (χ0) is 13.0. The minimum absolute atomic E-state index is 0.716. The number of H-pyrrole nitrogens is 1. The normalized spacial score (nSPS) is 9.61. The van der Waals surface area contributed by atoms with E-state index in [0.29, 0.717) is 5.56 Å². The zero-order valence-corrected chi connectivity index (χ0v) is 11.1. The fourth-order valence-electron chi connectivity index (χ4n) is 1.67. The molecule has 2 heterocycles. The van der Waals surface area contributed by atoms with E-state index in [-0.39, 0.29) is 0 Å². The van der Waals surface area contributed by atoms with E-state index in [9.17, 15) is 0 Å². The fraction of sp³-hybridized carbons (Fsp3) is 0.143. The molecule has 1 aromatic carbocycles. The molecule has 0 bridgehead atoms. The molecule has 90 valence electrons. The smallest absolute Gasteiger partial charge is 0.101 e. The molecule has 18 heavy (non-hydrogen) atoms. The number of fused-ring (bicyclic) bond motifs is 1. The van der Waals surface area contributed by atoms with Gasteiger partial charge in [0.05, 0.1) is 11.1 Å². The first-order chi connectivity index (χ1) is 8.72. The molecule has 0 radical (unpaired) electrons. The van der Waals surface area contributed by atoms with E-state index in [1.54, 1.807) is 17.5 Å². The number of hydrogen-bond acceptors (Lipinski definition) is 3. The highest BCUT2D eigenvalue weighted by Gasteiger charge is 2.02. The molecule has 0 aliphatic carbocycles. The Morgan fingerprint density at radius 3 is 2.72 bits per heavy atom. The lowest BCUT2D eigenvalue weighted by Gasteiger charge is -1.93. The number of nitrogens with zero attached hydrogens (tertiary/aromatic N) is 2. The number of rotatable bonds is 0. The van der Waals surface area contributed by atoms with Crippen molar-refractivity contribution in [1.82, 2.24) is 9.97 Å². The first-order valence-corrected chi connectivity index (χ1v) is 6.48. The van der Waals surface area contributed by atoms with E-state index in [2.05, 4.69) is 16.0 Å². The molecule has 0 aliphatic rings. The molecule has 1 N–H and O–H groups in total. The van der Waals surface area contributed by atoms with Crippen molar-refractivity contribution in [1.29, 1.82) is 5.26 Å². The highest BCUT2D eigenvalue weighted by atomic mass is 32.1. The quantitative estimate of drug-likeness (QED) is 0.664. The Morgan fingerprint density at radius 2 is 2.17 bits per heavy atom. The molecular formula is C14H13N3S. The van der Waals surface area contributed by atoms with Gasteiger partial charge in [0.15, 0.2) is 0 Å². The van der Waals surface area contributed by atoms with Crippen LogP contribution in [0.1, 0.15) is 16.8 Å². The van der Waals surface area contributed by atoms with Gasteiger partial charge in [0, 0.05) is 28.2 Å². The van der Waals surface area contributed by atoms with E-state index in [4.69, 9.17) is 5.26 Å². The van der Waals surface area contributed by atoms with Gasteiger partial charge >= 0.3 is 0 Å². The van der Waals surface area contributed by atoms with Crippen LogP contribution in [0.25, 0.3) is 10.9 Å². The highest BCUT2D eigenvalue weighted by molar-refractivity contribution is 7.07. The van der Waals surface area contributed by atoms with Gasteiger partial charge in [0.25, 0.3) is 0 Å². The first-order valence-electron chi connectivity index (χ1n) is 5.54. The topological polar surface area (TPSA) is 52.5 Å². The molecule has 3 aromatic rings. The third-order valence-corrected chi connectivity index (χ3v) is 3.30. The minimum Gasteiger partial charge on any atom is -0.360 e. The summed E-state index contributed by atoms with van der Waals surface area (Å²) in [6, 6.07) is 8.09. The van der Waals surface area contributed by atoms with Crippen molar-refractivity contribution in [3.63, 3.8) is 0 Å². The fourth-order valence-corrected chi connectivity index (χ4v) is 2.22. The number of aromatic nitrogens is 2. The molecule has 0 aliphatic heterocycles. The lowest BCUT2D eigenvalue weighted by molar-refractivity contribution is 1.27. The average molecular weight is 255 g/mol. The third-order valence-electron chi connectivity index (χ3n) is 2.60. The maximum Gasteiger partial charge on any atom is 0.101 e. The minimum atomic E-state index is 0.716. The average Bonchev–Trinajstić information content (AvgIpc) is 2.99. The standard InChI is InChI=1S/C10H8N2.C4H5NS/c1-7-3-2-4-9-8(5-11)6-12-10(7)9;1-4-2-6-3-5-4/h2-4,6,12H,1H3;2-3H,1H3. The van der Waals surface area contributed by atoms with Crippen LogP contribution in [0.3, 0.4) is 0 Å². The number of aromatic amines is 1. The van der Waals surface area contributed by atoms with E-state index in [0.717, 1.165) is 16.6 Å². The molecule has 2 aromatic heterocycles. The molecule has 4 heteroatoms. The molecule has 0 atom stereocenters. The van der Waals surface area contributed by atoms with E-state index in [1.807, 2.05) is 42.9 Å². The SMILES string of the molecule is Cc1cccc2c(C#N)c[nH]c12.Cc1cscn1. The lowest BCUT2D eigenvalue weighted by Crippen LogP contribution is -1.74. The third kappa shape index (κ3) is 2.58. The van der Waals surface area contributed by atoms with Crippen molar-refractivity contribution in [2.45, 2.75) is 13.8 Å². The van der Waals surface area contributed by atoms with Crippen LogP contribution in [0.5, 0.6) is 0 Å². The predicted octanol–water partition coefficient (Wildman–Crippen LogP) is 3.80. The Hall–Kier alpha value is -2.12. The van der Waals surface area contributed by atoms with Gasteiger partial charge in [-0.3, -0.25) is 4.98 Å². The van der Waals surface area contributed by atoms with Gasteiger partial charge in [-0.05, 0) is 19.4 Å². The Kier molecular flexibility index (Phi) is 3.75. The van der Waals surface area contributed by atoms with Crippen LogP contribution in [0.15, 0.2) is 35.3 Å². The number of benzene rings is 1. The van der Waals surface area contributed by atoms with Crippen LogP contribution in [-0.2, 0) is 0 Å². The second-order valence-electron chi connectivity index (χ2n) is 3.94. The molecule has 0 fully saturated rings. The summed E-state index contributed by atoms with van der Waals surface area (Å²) < 4.78 is 0.